The molecule has 1 aromatic rings. The van der Waals surface area contributed by atoms with Gasteiger partial charge in [0.1, 0.15) is 6.61 Å². The van der Waals surface area contributed by atoms with E-state index in [0.29, 0.717) is 18.9 Å². The highest BCUT2D eigenvalue weighted by Crippen LogP contribution is 2.47. The molecule has 2 atom stereocenters. The van der Waals surface area contributed by atoms with Gasteiger partial charge in [0, 0.05) is 17.4 Å². The van der Waals surface area contributed by atoms with E-state index in [9.17, 15) is 9.90 Å². The Labute approximate surface area is 191 Å². The van der Waals surface area contributed by atoms with Crippen LogP contribution >= 0.6 is 0 Å². The molecule has 0 bridgehead atoms. The van der Waals surface area contributed by atoms with E-state index < -0.39 is 12.1 Å². The number of ether oxygens (including phenoxy) is 1. The lowest BCUT2D eigenvalue weighted by molar-refractivity contribution is -0.141. The van der Waals surface area contributed by atoms with Crippen LogP contribution < -0.4 is 0 Å². The molecule has 2 fully saturated rings. The Bertz CT molecular complexity index is 881. The standard InChI is InChI=1S/C28H34O4/c29-26(28(19-9-20-28)18-8-12-23-10-2-1-3-11-23)16-7-6-14-24-13-4-5-15-25(24)17-21-32-22-27(30)31/h1-3,6-7,10-11,14,16-17,24,26,29H,4-5,9,13,15,18-22H2,(H,30,31)/b14-6+,16-7+,25-17+. The summed E-state index contributed by atoms with van der Waals surface area (Å²) < 4.78 is 5.16. The van der Waals surface area contributed by atoms with Gasteiger partial charge in [-0.1, -0.05) is 78.8 Å². The first-order valence-corrected chi connectivity index (χ1v) is 11.6. The fraction of sp³-hybridized carbons (Fsp3) is 0.464. The molecule has 2 N–H and O–H groups in total. The van der Waals surface area contributed by atoms with Crippen molar-refractivity contribution in [2.45, 2.75) is 57.5 Å². The number of aliphatic carboxylic acids is 1. The van der Waals surface area contributed by atoms with Crippen LogP contribution in [0.5, 0.6) is 0 Å². The number of carboxylic acids is 1. The third-order valence-electron chi connectivity index (χ3n) is 6.57. The van der Waals surface area contributed by atoms with Gasteiger partial charge in [-0.15, -0.1) is 0 Å². The first kappa shape index (κ1) is 24.0. The fourth-order valence-corrected chi connectivity index (χ4v) is 4.47. The first-order chi connectivity index (χ1) is 15.6. The minimum Gasteiger partial charge on any atom is -0.480 e. The van der Waals surface area contributed by atoms with Crippen molar-refractivity contribution in [1.82, 2.24) is 0 Å². The molecule has 1 aromatic carbocycles. The van der Waals surface area contributed by atoms with Crippen LogP contribution in [-0.4, -0.2) is 35.5 Å². The zero-order valence-corrected chi connectivity index (χ0v) is 18.7. The van der Waals surface area contributed by atoms with E-state index in [1.165, 1.54) is 12.0 Å². The maximum Gasteiger partial charge on any atom is 0.329 e. The van der Waals surface area contributed by atoms with Gasteiger partial charge in [-0.2, -0.15) is 0 Å². The molecule has 0 amide bonds. The smallest absolute Gasteiger partial charge is 0.329 e. The van der Waals surface area contributed by atoms with Crippen molar-refractivity contribution >= 4 is 5.97 Å². The Morgan fingerprint density at radius 3 is 2.72 bits per heavy atom. The molecule has 0 aliphatic heterocycles. The molecule has 0 spiro atoms. The Kier molecular flexibility index (Phi) is 9.34. The number of benzene rings is 1. The molecule has 0 heterocycles. The summed E-state index contributed by atoms with van der Waals surface area (Å²) in [4.78, 5) is 10.6. The van der Waals surface area contributed by atoms with Crippen LogP contribution in [0.4, 0.5) is 0 Å². The van der Waals surface area contributed by atoms with Gasteiger partial charge in [0.2, 0.25) is 0 Å². The Morgan fingerprint density at radius 2 is 2.00 bits per heavy atom. The van der Waals surface area contributed by atoms with Crippen molar-refractivity contribution in [2.75, 3.05) is 13.2 Å². The molecular weight excluding hydrogens is 400 g/mol. The molecule has 2 aliphatic carbocycles. The van der Waals surface area contributed by atoms with E-state index in [2.05, 4.69) is 17.9 Å². The monoisotopic (exact) mass is 434 g/mol. The van der Waals surface area contributed by atoms with Crippen LogP contribution in [0.15, 0.2) is 66.3 Å². The minimum absolute atomic E-state index is 0.122. The number of hydrogen-bond acceptors (Lipinski definition) is 3. The second-order valence-electron chi connectivity index (χ2n) is 8.82. The van der Waals surface area contributed by atoms with Crippen molar-refractivity contribution in [2.24, 2.45) is 11.3 Å². The molecule has 4 nitrogen and oxygen atoms in total. The Balaban J connectivity index is 1.53. The summed E-state index contributed by atoms with van der Waals surface area (Å²) in [5.74, 6) is 5.92. The highest BCUT2D eigenvalue weighted by molar-refractivity contribution is 5.68. The maximum absolute atomic E-state index is 10.8. The summed E-state index contributed by atoms with van der Waals surface area (Å²) in [6.45, 7) is 0.0788. The van der Waals surface area contributed by atoms with Crippen LogP contribution in [0, 0.1) is 23.2 Å². The van der Waals surface area contributed by atoms with E-state index in [0.717, 1.165) is 44.1 Å². The summed E-state index contributed by atoms with van der Waals surface area (Å²) in [6, 6.07) is 9.98. The van der Waals surface area contributed by atoms with E-state index in [4.69, 9.17) is 9.84 Å². The Hall–Kier alpha value is -2.61. The summed E-state index contributed by atoms with van der Waals surface area (Å²) in [7, 11) is 0. The summed E-state index contributed by atoms with van der Waals surface area (Å²) in [6.07, 6.45) is 18.0. The SMILES string of the molecule is O=C(O)COC/C=C1\CCCCC1/C=C/C=C/C(O)C1(CC#Cc2ccccc2)CCC1. The summed E-state index contributed by atoms with van der Waals surface area (Å²) in [5, 5.41) is 19.5. The number of carbonyl (C=O) groups is 1. The highest BCUT2D eigenvalue weighted by Gasteiger charge is 2.41. The molecule has 0 aromatic heterocycles. The van der Waals surface area contributed by atoms with Crippen molar-refractivity contribution in [3.63, 3.8) is 0 Å². The van der Waals surface area contributed by atoms with Crippen molar-refractivity contribution < 1.29 is 19.7 Å². The van der Waals surface area contributed by atoms with Crippen LogP contribution in [0.2, 0.25) is 0 Å². The predicted octanol–water partition coefficient (Wildman–Crippen LogP) is 5.29. The van der Waals surface area contributed by atoms with Gasteiger partial charge in [-0.3, -0.25) is 0 Å². The molecule has 2 unspecified atom stereocenters. The zero-order valence-electron chi connectivity index (χ0n) is 18.7. The quantitative estimate of drug-likeness (QED) is 0.240. The molecule has 2 saturated carbocycles. The van der Waals surface area contributed by atoms with Crippen molar-refractivity contribution in [3.8, 4) is 11.8 Å². The van der Waals surface area contributed by atoms with E-state index >= 15 is 0 Å². The molecule has 32 heavy (non-hydrogen) atoms. The topological polar surface area (TPSA) is 66.8 Å². The van der Waals surface area contributed by atoms with Crippen LogP contribution in [0.1, 0.15) is 56.9 Å². The normalized spacial score (nSPS) is 22.4. The van der Waals surface area contributed by atoms with Gasteiger partial charge in [-0.05, 0) is 50.2 Å². The van der Waals surface area contributed by atoms with E-state index in [-0.39, 0.29) is 12.0 Å². The van der Waals surface area contributed by atoms with Gasteiger partial charge >= 0.3 is 5.97 Å². The zero-order chi connectivity index (χ0) is 22.7. The predicted molar refractivity (Wildman–Crippen MR) is 127 cm³/mol. The molecule has 2 aliphatic rings. The molecule has 0 radical (unpaired) electrons. The third kappa shape index (κ3) is 7.22. The van der Waals surface area contributed by atoms with Gasteiger partial charge in [0.15, 0.2) is 0 Å². The molecular formula is C28H34O4. The second-order valence-corrected chi connectivity index (χ2v) is 8.82. The Morgan fingerprint density at radius 1 is 1.19 bits per heavy atom. The fourth-order valence-electron chi connectivity index (χ4n) is 4.47. The van der Waals surface area contributed by atoms with E-state index in [1.54, 1.807) is 0 Å². The number of aliphatic hydroxyl groups is 1. The number of carboxylic acid groups (broad SMARTS) is 1. The third-order valence-corrected chi connectivity index (χ3v) is 6.57. The average molecular weight is 435 g/mol. The van der Waals surface area contributed by atoms with Crippen molar-refractivity contribution in [3.05, 3.63) is 71.8 Å². The minimum atomic E-state index is -0.942. The van der Waals surface area contributed by atoms with Gasteiger partial charge in [0.25, 0.3) is 0 Å². The average Bonchev–Trinajstić information content (AvgIpc) is 2.77. The lowest BCUT2D eigenvalue weighted by Gasteiger charge is -2.43. The lowest BCUT2D eigenvalue weighted by atomic mass is 9.63. The number of aliphatic hydroxyl groups excluding tert-OH is 1. The van der Waals surface area contributed by atoms with Gasteiger partial charge < -0.3 is 14.9 Å². The molecule has 3 rings (SSSR count). The number of allylic oxidation sites excluding steroid dienone is 4. The number of rotatable bonds is 9. The molecule has 4 heteroatoms. The molecule has 0 saturated heterocycles. The largest absolute Gasteiger partial charge is 0.480 e. The van der Waals surface area contributed by atoms with Crippen molar-refractivity contribution in [1.29, 1.82) is 0 Å². The second kappa shape index (κ2) is 12.4. The van der Waals surface area contributed by atoms with Crippen LogP contribution in [-0.2, 0) is 9.53 Å². The summed E-state index contributed by atoms with van der Waals surface area (Å²) >= 11 is 0. The van der Waals surface area contributed by atoms with Crippen LogP contribution in [0.3, 0.4) is 0 Å². The first-order valence-electron chi connectivity index (χ1n) is 11.6. The van der Waals surface area contributed by atoms with Gasteiger partial charge in [-0.25, -0.2) is 4.79 Å². The van der Waals surface area contributed by atoms with E-state index in [1.807, 2.05) is 54.6 Å². The summed E-state index contributed by atoms with van der Waals surface area (Å²) in [5.41, 5.74) is 2.21. The maximum atomic E-state index is 10.8. The van der Waals surface area contributed by atoms with Crippen LogP contribution in [0.25, 0.3) is 0 Å². The lowest BCUT2D eigenvalue weighted by Crippen LogP contribution is -2.40. The highest BCUT2D eigenvalue weighted by atomic mass is 16.5. The number of hydrogen-bond donors (Lipinski definition) is 2. The van der Waals surface area contributed by atoms with Gasteiger partial charge in [0.05, 0.1) is 12.7 Å². The molecule has 170 valence electrons.